The highest BCUT2D eigenvalue weighted by atomic mass is 32.2. The number of primary amides is 1. The van der Waals surface area contributed by atoms with Gasteiger partial charge in [0.1, 0.15) is 42.9 Å². The Balaban J connectivity index is 6.00. The monoisotopic (exact) mass is 1280 g/mol. The molecule has 1 unspecified atom stereocenters. The number of esters is 2. The number of rotatable bonds is 63. The summed E-state index contributed by atoms with van der Waals surface area (Å²) in [6.07, 6.45) is 40.4. The highest BCUT2D eigenvalue weighted by molar-refractivity contribution is 7.99. The number of terminal acetylenes is 1. The molecule has 7 atom stereocenters. The summed E-state index contributed by atoms with van der Waals surface area (Å²) < 4.78 is 11.6. The first-order valence-electron chi connectivity index (χ1n) is 34.9. The normalized spacial score (nSPS) is 13.6. The molecule has 0 aliphatic heterocycles. The Kier molecular flexibility index (Phi) is 56.7. The molecule has 0 fully saturated rings. The van der Waals surface area contributed by atoms with E-state index in [1.54, 1.807) is 0 Å². The van der Waals surface area contributed by atoms with Gasteiger partial charge < -0.3 is 70.5 Å². The van der Waals surface area contributed by atoms with Gasteiger partial charge in [0, 0.05) is 30.8 Å². The van der Waals surface area contributed by atoms with Crippen molar-refractivity contribution in [1.82, 2.24) is 26.6 Å². The number of hydrogen-bond acceptors (Lipinski definition) is 16. The van der Waals surface area contributed by atoms with Gasteiger partial charge >= 0.3 is 11.9 Å². The number of carbonyl (C=O) groups excluding carboxylic acids is 8. The number of amides is 6. The highest BCUT2D eigenvalue weighted by Crippen LogP contribution is 2.18. The first-order valence-corrected chi connectivity index (χ1v) is 36.0. The molecule has 22 heteroatoms. The molecule has 0 aromatic rings. The molecule has 516 valence electrons. The third kappa shape index (κ3) is 48.0. The summed E-state index contributed by atoms with van der Waals surface area (Å²) >= 11 is 1.26. The SMILES string of the molecule is C#CC[C@H](NC(=O)[C@H](CCCCN)NC(=O)[C@H](CCCCN)NC(=O)[C@H](CCCCN)NC(=O)[C@H](CCCCN)NC(=O)[C@@H](N)CSCC(COC(=O)CCCCCCCCCCCCCCC)OC(=O)CCCCCCCCCCCCCCC)C(N)=O. The summed E-state index contributed by atoms with van der Waals surface area (Å²) in [5.41, 5.74) is 35.1. The van der Waals surface area contributed by atoms with Crippen molar-refractivity contribution >= 4 is 59.1 Å². The number of hydrogen-bond donors (Lipinski definition) is 11. The standard InChI is InChI=1S/C67H127N11O10S/c1-4-7-9-11-13-15-17-19-21-23-25-27-29-44-60(79)87-50-53(88-61(80)45-30-28-26-24-22-20-18-16-14-12-10-8-5-2)51-89-52-54(72)63(82)75-56(40-31-35-46-68)65(84)77-58(42-33-37-48-70)67(86)78-59(43-34-38-49-71)66(85)76-57(41-32-36-47-69)64(83)74-55(39-6-3)62(73)81/h3,53-59H,4-5,7-52,68-72H2,1-2H3,(H2,73,81)(H,74,83)(H,75,82)(H,76,85)(H,77,84)(H,78,86)/t53?,54-,55-,56-,57-,58-,59-/m0/s1. The Labute approximate surface area is 541 Å². The minimum atomic E-state index is -1.18. The van der Waals surface area contributed by atoms with Crippen molar-refractivity contribution in [3.8, 4) is 12.3 Å². The third-order valence-electron chi connectivity index (χ3n) is 15.9. The molecule has 21 nitrogen and oxygen atoms in total. The summed E-state index contributed by atoms with van der Waals surface area (Å²) in [5.74, 6) is -2.32. The third-order valence-corrected chi connectivity index (χ3v) is 17.1. The topological polar surface area (TPSA) is 371 Å². The van der Waals surface area contributed by atoms with Crippen LogP contribution in [-0.2, 0) is 47.8 Å². The van der Waals surface area contributed by atoms with Crippen LogP contribution >= 0.6 is 11.8 Å². The van der Waals surface area contributed by atoms with Gasteiger partial charge in [-0.15, -0.1) is 12.3 Å². The fraction of sp³-hybridized carbons (Fsp3) is 0.851. The molecule has 0 aromatic carbocycles. The molecule has 0 aliphatic carbocycles. The number of carbonyl (C=O) groups is 8. The Morgan fingerprint density at radius 1 is 0.404 bits per heavy atom. The van der Waals surface area contributed by atoms with Gasteiger partial charge in [-0.3, -0.25) is 38.4 Å². The summed E-state index contributed by atoms with van der Waals surface area (Å²) in [7, 11) is 0. The lowest BCUT2D eigenvalue weighted by Crippen LogP contribution is -2.59. The maximum Gasteiger partial charge on any atom is 0.306 e. The largest absolute Gasteiger partial charge is 0.462 e. The van der Waals surface area contributed by atoms with Gasteiger partial charge in [-0.1, -0.05) is 168 Å². The molecular formula is C67H127N11O10S. The van der Waals surface area contributed by atoms with Crippen LogP contribution in [0.1, 0.15) is 277 Å². The second-order valence-corrected chi connectivity index (χ2v) is 25.3. The van der Waals surface area contributed by atoms with Crippen LogP contribution in [0.15, 0.2) is 0 Å². The molecule has 0 radical (unpaired) electrons. The first-order chi connectivity index (χ1) is 43.1. The predicted octanol–water partition coefficient (Wildman–Crippen LogP) is 7.91. The molecule has 17 N–H and O–H groups in total. The van der Waals surface area contributed by atoms with E-state index in [2.05, 4.69) is 46.4 Å². The fourth-order valence-corrected chi connectivity index (χ4v) is 11.3. The molecule has 0 saturated carbocycles. The van der Waals surface area contributed by atoms with Crippen LogP contribution < -0.4 is 61.0 Å². The van der Waals surface area contributed by atoms with Crippen LogP contribution in [0, 0.1) is 12.3 Å². The molecule has 0 spiro atoms. The van der Waals surface area contributed by atoms with E-state index in [-0.39, 0.29) is 75.0 Å². The molecule has 89 heavy (non-hydrogen) atoms. The summed E-state index contributed by atoms with van der Waals surface area (Å²) in [5, 5.41) is 13.6. The lowest BCUT2D eigenvalue weighted by atomic mass is 10.0. The van der Waals surface area contributed by atoms with Crippen LogP contribution in [0.3, 0.4) is 0 Å². The van der Waals surface area contributed by atoms with E-state index in [0.717, 1.165) is 44.9 Å². The maximum absolute atomic E-state index is 14.3. The maximum atomic E-state index is 14.3. The summed E-state index contributed by atoms with van der Waals surface area (Å²) in [6.45, 7) is 5.66. The smallest absolute Gasteiger partial charge is 0.306 e. The summed E-state index contributed by atoms with van der Waals surface area (Å²) in [6, 6.07) is -6.89. The average Bonchev–Trinajstić information content (AvgIpc) is 3.72. The fourth-order valence-electron chi connectivity index (χ4n) is 10.4. The molecule has 6 amide bonds. The van der Waals surface area contributed by atoms with Gasteiger partial charge in [-0.25, -0.2) is 0 Å². The zero-order valence-electron chi connectivity index (χ0n) is 55.5. The second-order valence-electron chi connectivity index (χ2n) is 24.2. The van der Waals surface area contributed by atoms with Crippen LogP contribution in [0.4, 0.5) is 0 Å². The van der Waals surface area contributed by atoms with E-state index in [4.69, 9.17) is 50.3 Å². The lowest BCUT2D eigenvalue weighted by molar-refractivity contribution is -0.157. The van der Waals surface area contributed by atoms with Crippen LogP contribution in [-0.4, -0.2) is 134 Å². The zero-order chi connectivity index (χ0) is 66.0. The molecular weight excluding hydrogens is 1150 g/mol. The quantitative estimate of drug-likeness (QED) is 0.0156. The van der Waals surface area contributed by atoms with Crippen molar-refractivity contribution in [2.45, 2.75) is 319 Å². The van der Waals surface area contributed by atoms with Gasteiger partial charge in [0.25, 0.3) is 0 Å². The number of unbranched alkanes of at least 4 members (excludes halogenated alkanes) is 28. The molecule has 0 saturated heterocycles. The highest BCUT2D eigenvalue weighted by Gasteiger charge is 2.33. The molecule has 0 aliphatic rings. The number of thioether (sulfide) groups is 1. The zero-order valence-corrected chi connectivity index (χ0v) is 56.3. The average molecular weight is 1280 g/mol. The van der Waals surface area contributed by atoms with E-state index in [0.29, 0.717) is 84.0 Å². The van der Waals surface area contributed by atoms with Crippen molar-refractivity contribution < 1.29 is 47.8 Å². The minimum absolute atomic E-state index is 0.0761. The van der Waals surface area contributed by atoms with E-state index in [1.807, 2.05) is 0 Å². The van der Waals surface area contributed by atoms with Crippen molar-refractivity contribution in [1.29, 1.82) is 0 Å². The Hall–Kier alpha value is -4.53. The summed E-state index contributed by atoms with van der Waals surface area (Å²) in [4.78, 5) is 108. The molecule has 0 heterocycles. The van der Waals surface area contributed by atoms with Gasteiger partial charge in [0.15, 0.2) is 0 Å². The van der Waals surface area contributed by atoms with Crippen LogP contribution in [0.2, 0.25) is 0 Å². The molecule has 0 bridgehead atoms. The number of ether oxygens (including phenoxy) is 2. The van der Waals surface area contributed by atoms with Crippen LogP contribution in [0.5, 0.6) is 0 Å². The molecule has 0 aromatic heterocycles. The van der Waals surface area contributed by atoms with E-state index in [9.17, 15) is 38.4 Å². The van der Waals surface area contributed by atoms with Crippen molar-refractivity contribution in [2.24, 2.45) is 34.4 Å². The van der Waals surface area contributed by atoms with Gasteiger partial charge in [0.2, 0.25) is 35.4 Å². The van der Waals surface area contributed by atoms with Crippen molar-refractivity contribution in [3.63, 3.8) is 0 Å². The predicted molar refractivity (Wildman–Crippen MR) is 361 cm³/mol. The molecule has 0 rings (SSSR count). The first kappa shape index (κ1) is 84.5. The Bertz CT molecular complexity index is 1900. The van der Waals surface area contributed by atoms with E-state index in [1.165, 1.54) is 127 Å². The second kappa shape index (κ2) is 59.8. The number of nitrogens with two attached hydrogens (primary N) is 6. The van der Waals surface area contributed by atoms with Gasteiger partial charge in [-0.05, 0) is 116 Å². The lowest BCUT2D eigenvalue weighted by Gasteiger charge is -2.27. The van der Waals surface area contributed by atoms with Crippen molar-refractivity contribution in [2.75, 3.05) is 44.3 Å². The van der Waals surface area contributed by atoms with E-state index >= 15 is 0 Å². The Morgan fingerprint density at radius 2 is 0.708 bits per heavy atom. The number of nitrogens with one attached hydrogen (secondary N) is 5. The minimum Gasteiger partial charge on any atom is -0.462 e. The van der Waals surface area contributed by atoms with Gasteiger partial charge in [-0.2, -0.15) is 11.8 Å². The van der Waals surface area contributed by atoms with Crippen LogP contribution in [0.25, 0.3) is 0 Å². The van der Waals surface area contributed by atoms with Crippen molar-refractivity contribution in [3.05, 3.63) is 0 Å². The van der Waals surface area contributed by atoms with E-state index < -0.39 is 77.8 Å². The Morgan fingerprint density at radius 3 is 1.02 bits per heavy atom. The van der Waals surface area contributed by atoms with Gasteiger partial charge in [0.05, 0.1) is 6.04 Å².